The molecule has 1 heterocycles. The number of hydrazine groups is 1. The fraction of sp³-hybridized carbons (Fsp3) is 0.545. The van der Waals surface area contributed by atoms with E-state index in [1.165, 1.54) is 0 Å². The van der Waals surface area contributed by atoms with E-state index in [1.807, 2.05) is 5.43 Å². The molecule has 0 aliphatic heterocycles. The summed E-state index contributed by atoms with van der Waals surface area (Å²) in [5, 5.41) is 0. The first-order valence-electron chi connectivity index (χ1n) is 5.58. The number of nitrogens with one attached hydrogen (secondary N) is 1. The molecule has 0 atom stereocenters. The Kier molecular flexibility index (Phi) is 5.37. The second-order valence-corrected chi connectivity index (χ2v) is 3.97. The molecule has 0 spiro atoms. The molecule has 0 unspecified atom stereocenters. The first kappa shape index (κ1) is 15.5. The number of halogens is 3. The van der Waals surface area contributed by atoms with Gasteiger partial charge in [0.1, 0.15) is 12.4 Å². The van der Waals surface area contributed by atoms with Crippen LogP contribution in [0.4, 0.5) is 13.2 Å². The number of amides is 1. The Morgan fingerprint density at radius 3 is 2.79 bits per heavy atom. The molecule has 0 aliphatic carbocycles. The molecule has 0 radical (unpaired) electrons. The van der Waals surface area contributed by atoms with Gasteiger partial charge in [-0.15, -0.1) is 0 Å². The van der Waals surface area contributed by atoms with E-state index in [0.29, 0.717) is 11.3 Å². The molecule has 19 heavy (non-hydrogen) atoms. The molecular formula is C11H15F3N2O3. The van der Waals surface area contributed by atoms with Gasteiger partial charge in [0.15, 0.2) is 5.76 Å². The van der Waals surface area contributed by atoms with Gasteiger partial charge in [-0.25, -0.2) is 5.84 Å². The van der Waals surface area contributed by atoms with Gasteiger partial charge >= 0.3 is 12.1 Å². The van der Waals surface area contributed by atoms with Crippen molar-refractivity contribution in [3.8, 4) is 0 Å². The van der Waals surface area contributed by atoms with Crippen LogP contribution in [0.25, 0.3) is 0 Å². The summed E-state index contributed by atoms with van der Waals surface area (Å²) in [6.07, 6.45) is -5.17. The number of nitrogen functional groups attached to an aromatic ring is 1. The summed E-state index contributed by atoms with van der Waals surface area (Å²) >= 11 is 0. The maximum absolute atomic E-state index is 11.9. The first-order valence-corrected chi connectivity index (χ1v) is 5.58. The van der Waals surface area contributed by atoms with Crippen molar-refractivity contribution in [3.05, 3.63) is 23.2 Å². The second kappa shape index (κ2) is 6.58. The zero-order valence-electron chi connectivity index (χ0n) is 10.3. The lowest BCUT2D eigenvalue weighted by atomic mass is 10.2. The minimum absolute atomic E-state index is 0.0105. The zero-order chi connectivity index (χ0) is 14.5. The SMILES string of the molecule is Cc1cc(COCCCC(F)(F)F)oc1C(=O)NN. The average molecular weight is 280 g/mol. The van der Waals surface area contributed by atoms with Crippen LogP contribution in [0.5, 0.6) is 0 Å². The quantitative estimate of drug-likeness (QED) is 0.362. The molecule has 108 valence electrons. The van der Waals surface area contributed by atoms with Gasteiger partial charge in [-0.1, -0.05) is 0 Å². The fourth-order valence-electron chi connectivity index (χ4n) is 1.46. The molecule has 0 saturated carbocycles. The highest BCUT2D eigenvalue weighted by molar-refractivity contribution is 5.92. The molecule has 0 aromatic carbocycles. The Labute approximate surface area is 107 Å². The molecule has 0 aliphatic rings. The minimum atomic E-state index is -4.17. The summed E-state index contributed by atoms with van der Waals surface area (Å²) in [4.78, 5) is 11.2. The maximum atomic E-state index is 11.9. The minimum Gasteiger partial charge on any atom is -0.453 e. The highest BCUT2D eigenvalue weighted by atomic mass is 19.4. The van der Waals surface area contributed by atoms with Crippen LogP contribution in [0, 0.1) is 6.92 Å². The van der Waals surface area contributed by atoms with Gasteiger partial charge in [0.05, 0.1) is 0 Å². The highest BCUT2D eigenvalue weighted by Crippen LogP contribution is 2.21. The van der Waals surface area contributed by atoms with E-state index in [-0.39, 0.29) is 25.4 Å². The van der Waals surface area contributed by atoms with E-state index in [2.05, 4.69) is 0 Å². The van der Waals surface area contributed by atoms with Crippen LogP contribution < -0.4 is 11.3 Å². The Balaban J connectivity index is 2.36. The van der Waals surface area contributed by atoms with Crippen LogP contribution in [-0.2, 0) is 11.3 Å². The highest BCUT2D eigenvalue weighted by Gasteiger charge is 2.26. The van der Waals surface area contributed by atoms with Crippen molar-refractivity contribution >= 4 is 5.91 Å². The van der Waals surface area contributed by atoms with Crippen LogP contribution in [0.3, 0.4) is 0 Å². The number of carbonyl (C=O) groups excluding carboxylic acids is 1. The van der Waals surface area contributed by atoms with E-state index in [1.54, 1.807) is 13.0 Å². The number of rotatable bonds is 6. The van der Waals surface area contributed by atoms with Gasteiger partial charge in [0.2, 0.25) is 0 Å². The van der Waals surface area contributed by atoms with Gasteiger partial charge in [0, 0.05) is 18.6 Å². The first-order chi connectivity index (χ1) is 8.83. The lowest BCUT2D eigenvalue weighted by Gasteiger charge is -2.05. The van der Waals surface area contributed by atoms with Crippen molar-refractivity contribution < 1.29 is 27.1 Å². The maximum Gasteiger partial charge on any atom is 0.389 e. The molecule has 1 amide bonds. The molecule has 3 N–H and O–H groups in total. The van der Waals surface area contributed by atoms with Crippen molar-refractivity contribution in [2.45, 2.75) is 32.5 Å². The Morgan fingerprint density at radius 1 is 1.53 bits per heavy atom. The third kappa shape index (κ3) is 5.31. The Bertz CT molecular complexity index is 429. The van der Waals surface area contributed by atoms with E-state index in [9.17, 15) is 18.0 Å². The lowest BCUT2D eigenvalue weighted by molar-refractivity contribution is -0.138. The van der Waals surface area contributed by atoms with Crippen molar-refractivity contribution in [1.82, 2.24) is 5.43 Å². The molecule has 8 heteroatoms. The van der Waals surface area contributed by atoms with E-state index in [0.717, 1.165) is 0 Å². The third-order valence-electron chi connectivity index (χ3n) is 2.30. The van der Waals surface area contributed by atoms with E-state index >= 15 is 0 Å². The normalized spacial score (nSPS) is 11.6. The predicted molar refractivity (Wildman–Crippen MR) is 60.0 cm³/mol. The fourth-order valence-corrected chi connectivity index (χ4v) is 1.46. The van der Waals surface area contributed by atoms with Crippen molar-refractivity contribution in [2.24, 2.45) is 5.84 Å². The number of alkyl halides is 3. The van der Waals surface area contributed by atoms with Crippen LogP contribution >= 0.6 is 0 Å². The van der Waals surface area contributed by atoms with Crippen molar-refractivity contribution in [1.29, 1.82) is 0 Å². The van der Waals surface area contributed by atoms with Crippen LogP contribution in [-0.4, -0.2) is 18.7 Å². The molecule has 5 nitrogen and oxygen atoms in total. The van der Waals surface area contributed by atoms with Crippen LogP contribution in [0.15, 0.2) is 10.5 Å². The zero-order valence-corrected chi connectivity index (χ0v) is 10.3. The van der Waals surface area contributed by atoms with Gasteiger partial charge in [-0.3, -0.25) is 10.2 Å². The summed E-state index contributed by atoms with van der Waals surface area (Å²) in [7, 11) is 0. The van der Waals surface area contributed by atoms with E-state index in [4.69, 9.17) is 15.0 Å². The lowest BCUT2D eigenvalue weighted by Crippen LogP contribution is -2.30. The molecule has 1 rings (SSSR count). The second-order valence-electron chi connectivity index (χ2n) is 3.97. The van der Waals surface area contributed by atoms with Crippen LogP contribution in [0.2, 0.25) is 0 Å². The van der Waals surface area contributed by atoms with Crippen LogP contribution in [0.1, 0.15) is 34.7 Å². The van der Waals surface area contributed by atoms with E-state index < -0.39 is 18.5 Å². The predicted octanol–water partition coefficient (Wildman–Crippen LogP) is 2.05. The van der Waals surface area contributed by atoms with Gasteiger partial charge in [0.25, 0.3) is 0 Å². The van der Waals surface area contributed by atoms with Gasteiger partial charge < -0.3 is 9.15 Å². The Hall–Kier alpha value is -1.54. The molecule has 1 aromatic rings. The number of nitrogens with two attached hydrogens (primary N) is 1. The van der Waals surface area contributed by atoms with Gasteiger partial charge in [-0.05, 0) is 19.4 Å². The van der Waals surface area contributed by atoms with Gasteiger partial charge in [-0.2, -0.15) is 13.2 Å². The third-order valence-corrected chi connectivity index (χ3v) is 2.30. The summed E-state index contributed by atoms with van der Waals surface area (Å²) in [5.41, 5.74) is 2.51. The van der Waals surface area contributed by atoms with Crippen molar-refractivity contribution in [2.75, 3.05) is 6.61 Å². The Morgan fingerprint density at radius 2 is 2.21 bits per heavy atom. The largest absolute Gasteiger partial charge is 0.453 e. The molecule has 0 saturated heterocycles. The molecule has 1 aromatic heterocycles. The molecule has 0 fully saturated rings. The number of hydrogen-bond donors (Lipinski definition) is 2. The smallest absolute Gasteiger partial charge is 0.389 e. The summed E-state index contributed by atoms with van der Waals surface area (Å²) in [6.45, 7) is 1.63. The summed E-state index contributed by atoms with van der Waals surface area (Å²) in [6, 6.07) is 1.58. The number of aryl methyl sites for hydroxylation is 1. The number of furan rings is 1. The number of hydrogen-bond acceptors (Lipinski definition) is 4. The topological polar surface area (TPSA) is 77.5 Å². The number of carbonyl (C=O) groups is 1. The molecular weight excluding hydrogens is 265 g/mol. The van der Waals surface area contributed by atoms with Crippen molar-refractivity contribution in [3.63, 3.8) is 0 Å². The number of ether oxygens (including phenoxy) is 1. The summed E-state index contributed by atoms with van der Waals surface area (Å²) < 4.78 is 45.8. The monoisotopic (exact) mass is 280 g/mol. The molecule has 0 bridgehead atoms. The average Bonchev–Trinajstić information content (AvgIpc) is 2.67. The summed E-state index contributed by atoms with van der Waals surface area (Å²) in [5.74, 6) is 4.83. The standard InChI is InChI=1S/C11H15F3N2O3/c1-7-5-8(19-9(7)10(17)16-15)6-18-4-2-3-11(12,13)14/h5H,2-4,6,15H2,1H3,(H,16,17).